The maximum absolute atomic E-state index is 9.99. The molecular formula is C17H16N4O. The van der Waals surface area contributed by atoms with Crippen molar-refractivity contribution in [3.63, 3.8) is 0 Å². The standard InChI is InChI=1S/C17H16N4O/c1-2-21(13-7-9-18-10-8-13)17-11-15(19-12-20-17)14-5-3-4-6-16(14)22/h3-12,22H,2H2,1H3. The van der Waals surface area contributed by atoms with Crippen LogP contribution >= 0.6 is 0 Å². The monoisotopic (exact) mass is 292 g/mol. The summed E-state index contributed by atoms with van der Waals surface area (Å²) in [4.78, 5) is 14.7. The minimum Gasteiger partial charge on any atom is -0.507 e. The fourth-order valence-electron chi connectivity index (χ4n) is 2.33. The SMILES string of the molecule is CCN(c1ccncc1)c1cc(-c2ccccc2O)ncn1. The molecule has 0 saturated heterocycles. The van der Waals surface area contributed by atoms with Gasteiger partial charge in [0.1, 0.15) is 17.9 Å². The molecule has 5 heteroatoms. The van der Waals surface area contributed by atoms with Gasteiger partial charge < -0.3 is 10.0 Å². The molecule has 0 aliphatic heterocycles. The molecule has 3 rings (SSSR count). The predicted molar refractivity (Wildman–Crippen MR) is 86.0 cm³/mol. The van der Waals surface area contributed by atoms with Crippen molar-refractivity contribution in [2.45, 2.75) is 6.92 Å². The van der Waals surface area contributed by atoms with E-state index in [2.05, 4.69) is 26.8 Å². The van der Waals surface area contributed by atoms with Crippen molar-refractivity contribution < 1.29 is 5.11 Å². The van der Waals surface area contributed by atoms with Gasteiger partial charge >= 0.3 is 0 Å². The molecule has 1 N–H and O–H groups in total. The summed E-state index contributed by atoms with van der Waals surface area (Å²) in [5, 5.41) is 9.99. The quantitative estimate of drug-likeness (QED) is 0.798. The largest absolute Gasteiger partial charge is 0.507 e. The van der Waals surface area contributed by atoms with Crippen LogP contribution in [0.5, 0.6) is 5.75 Å². The first-order chi connectivity index (χ1) is 10.8. The normalized spacial score (nSPS) is 10.4. The third kappa shape index (κ3) is 2.74. The third-order valence-corrected chi connectivity index (χ3v) is 3.40. The van der Waals surface area contributed by atoms with Gasteiger partial charge in [0.25, 0.3) is 0 Å². The second kappa shape index (κ2) is 6.22. The van der Waals surface area contributed by atoms with Gasteiger partial charge in [0.05, 0.1) is 5.69 Å². The summed E-state index contributed by atoms with van der Waals surface area (Å²) >= 11 is 0. The van der Waals surface area contributed by atoms with Gasteiger partial charge in [-0.2, -0.15) is 0 Å². The lowest BCUT2D eigenvalue weighted by atomic mass is 10.1. The van der Waals surface area contributed by atoms with Crippen molar-refractivity contribution in [2.24, 2.45) is 0 Å². The molecule has 0 fully saturated rings. The number of phenolic OH excluding ortho intramolecular Hbond substituents is 1. The van der Waals surface area contributed by atoms with Crippen LogP contribution in [0.1, 0.15) is 6.92 Å². The molecule has 0 amide bonds. The fraction of sp³-hybridized carbons (Fsp3) is 0.118. The van der Waals surface area contributed by atoms with Crippen LogP contribution in [0.4, 0.5) is 11.5 Å². The molecule has 22 heavy (non-hydrogen) atoms. The van der Waals surface area contributed by atoms with Gasteiger partial charge in [0.15, 0.2) is 0 Å². The number of hydrogen-bond donors (Lipinski definition) is 1. The number of phenols is 1. The Morgan fingerprint density at radius 2 is 1.82 bits per heavy atom. The molecule has 0 atom stereocenters. The molecule has 0 aliphatic rings. The van der Waals surface area contributed by atoms with E-state index in [4.69, 9.17) is 0 Å². The Morgan fingerprint density at radius 3 is 2.55 bits per heavy atom. The van der Waals surface area contributed by atoms with E-state index in [0.29, 0.717) is 11.3 Å². The number of rotatable bonds is 4. The van der Waals surface area contributed by atoms with E-state index in [1.165, 1.54) is 6.33 Å². The van der Waals surface area contributed by atoms with E-state index in [1.807, 2.05) is 30.3 Å². The number of benzene rings is 1. The highest BCUT2D eigenvalue weighted by Crippen LogP contribution is 2.30. The van der Waals surface area contributed by atoms with Crippen molar-refractivity contribution in [1.29, 1.82) is 0 Å². The number of aromatic nitrogens is 3. The first-order valence-corrected chi connectivity index (χ1v) is 7.07. The lowest BCUT2D eigenvalue weighted by Gasteiger charge is -2.22. The molecule has 0 saturated carbocycles. The lowest BCUT2D eigenvalue weighted by molar-refractivity contribution is 0.477. The maximum atomic E-state index is 9.99. The van der Waals surface area contributed by atoms with E-state index in [1.54, 1.807) is 24.5 Å². The maximum Gasteiger partial charge on any atom is 0.136 e. The number of pyridine rings is 1. The van der Waals surface area contributed by atoms with Gasteiger partial charge in [0, 0.05) is 36.3 Å². The highest BCUT2D eigenvalue weighted by molar-refractivity contribution is 5.70. The molecule has 2 aromatic heterocycles. The van der Waals surface area contributed by atoms with Crippen LogP contribution in [0, 0.1) is 0 Å². The first kappa shape index (κ1) is 14.0. The molecule has 0 radical (unpaired) electrons. The summed E-state index contributed by atoms with van der Waals surface area (Å²) in [5.74, 6) is 0.987. The minimum absolute atomic E-state index is 0.208. The van der Waals surface area contributed by atoms with Gasteiger partial charge in [-0.15, -0.1) is 0 Å². The highest BCUT2D eigenvalue weighted by Gasteiger charge is 2.11. The van der Waals surface area contributed by atoms with Gasteiger partial charge in [-0.3, -0.25) is 4.98 Å². The average Bonchev–Trinajstić information content (AvgIpc) is 2.57. The Morgan fingerprint density at radius 1 is 1.05 bits per heavy atom. The molecule has 1 aromatic carbocycles. The Labute approximate surface area is 128 Å². The first-order valence-electron chi connectivity index (χ1n) is 7.07. The molecular weight excluding hydrogens is 276 g/mol. The van der Waals surface area contributed by atoms with Crippen molar-refractivity contribution in [2.75, 3.05) is 11.4 Å². The average molecular weight is 292 g/mol. The Kier molecular flexibility index (Phi) is 3.96. The van der Waals surface area contributed by atoms with E-state index in [9.17, 15) is 5.11 Å². The van der Waals surface area contributed by atoms with Crippen LogP contribution in [0.25, 0.3) is 11.3 Å². The summed E-state index contributed by atoms with van der Waals surface area (Å²) in [6.45, 7) is 2.82. The smallest absolute Gasteiger partial charge is 0.136 e. The number of aromatic hydroxyl groups is 1. The van der Waals surface area contributed by atoms with Gasteiger partial charge in [-0.25, -0.2) is 9.97 Å². The summed E-state index contributed by atoms with van der Waals surface area (Å²) in [6, 6.07) is 12.9. The summed E-state index contributed by atoms with van der Waals surface area (Å²) < 4.78 is 0. The number of para-hydroxylation sites is 1. The zero-order valence-corrected chi connectivity index (χ0v) is 12.2. The highest BCUT2D eigenvalue weighted by atomic mass is 16.3. The number of anilines is 2. The van der Waals surface area contributed by atoms with Crippen molar-refractivity contribution in [1.82, 2.24) is 15.0 Å². The van der Waals surface area contributed by atoms with Crippen molar-refractivity contribution in [3.8, 4) is 17.0 Å². The zero-order valence-electron chi connectivity index (χ0n) is 12.2. The Balaban J connectivity index is 2.02. The summed E-state index contributed by atoms with van der Waals surface area (Å²) in [6.07, 6.45) is 5.02. The summed E-state index contributed by atoms with van der Waals surface area (Å²) in [5.41, 5.74) is 2.40. The number of hydrogen-bond acceptors (Lipinski definition) is 5. The third-order valence-electron chi connectivity index (χ3n) is 3.40. The fourth-order valence-corrected chi connectivity index (χ4v) is 2.33. The van der Waals surface area contributed by atoms with E-state index in [0.717, 1.165) is 18.1 Å². The van der Waals surface area contributed by atoms with E-state index in [-0.39, 0.29) is 5.75 Å². The second-order valence-corrected chi connectivity index (χ2v) is 4.73. The van der Waals surface area contributed by atoms with Crippen LogP contribution in [0.2, 0.25) is 0 Å². The molecule has 0 aliphatic carbocycles. The lowest BCUT2D eigenvalue weighted by Crippen LogP contribution is -2.17. The topological polar surface area (TPSA) is 62.1 Å². The van der Waals surface area contributed by atoms with Crippen LogP contribution in [-0.4, -0.2) is 26.6 Å². The van der Waals surface area contributed by atoms with Crippen molar-refractivity contribution in [3.05, 3.63) is 61.2 Å². The van der Waals surface area contributed by atoms with E-state index < -0.39 is 0 Å². The number of nitrogens with zero attached hydrogens (tertiary/aromatic N) is 4. The van der Waals surface area contributed by atoms with Crippen LogP contribution < -0.4 is 4.90 Å². The molecule has 0 unspecified atom stereocenters. The minimum atomic E-state index is 0.208. The molecule has 0 spiro atoms. The van der Waals surface area contributed by atoms with E-state index >= 15 is 0 Å². The Hall–Kier alpha value is -2.95. The van der Waals surface area contributed by atoms with Gasteiger partial charge in [-0.1, -0.05) is 12.1 Å². The van der Waals surface area contributed by atoms with Crippen LogP contribution in [0.15, 0.2) is 61.2 Å². The van der Waals surface area contributed by atoms with Gasteiger partial charge in [0.2, 0.25) is 0 Å². The second-order valence-electron chi connectivity index (χ2n) is 4.73. The zero-order chi connectivity index (χ0) is 15.4. The predicted octanol–water partition coefficient (Wildman–Crippen LogP) is 3.40. The van der Waals surface area contributed by atoms with Crippen LogP contribution in [-0.2, 0) is 0 Å². The molecule has 3 aromatic rings. The molecule has 5 nitrogen and oxygen atoms in total. The molecule has 110 valence electrons. The van der Waals surface area contributed by atoms with Crippen LogP contribution in [0.3, 0.4) is 0 Å². The molecule has 2 heterocycles. The molecule has 0 bridgehead atoms. The summed E-state index contributed by atoms with van der Waals surface area (Å²) in [7, 11) is 0. The van der Waals surface area contributed by atoms with Gasteiger partial charge in [-0.05, 0) is 31.2 Å². The Bertz CT molecular complexity index is 761. The van der Waals surface area contributed by atoms with Crippen molar-refractivity contribution >= 4 is 11.5 Å².